The highest BCUT2D eigenvalue weighted by atomic mass is 19.1. The lowest BCUT2D eigenvalue weighted by molar-refractivity contribution is 0.0133. The highest BCUT2D eigenvalue weighted by Crippen LogP contribution is 2.48. The van der Waals surface area contributed by atoms with Crippen molar-refractivity contribution in [3.05, 3.63) is 47.7 Å². The molecule has 2 saturated carbocycles. The first-order valence-corrected chi connectivity index (χ1v) is 15.9. The monoisotopic (exact) mass is 601 g/mol. The molecule has 2 aliphatic heterocycles. The van der Waals surface area contributed by atoms with Crippen LogP contribution < -0.4 is 9.64 Å². The Hall–Kier alpha value is -3.63. The molecule has 0 spiro atoms. The van der Waals surface area contributed by atoms with Crippen molar-refractivity contribution in [2.45, 2.75) is 70.1 Å². The summed E-state index contributed by atoms with van der Waals surface area (Å²) in [5.41, 5.74) is 0.914. The maximum atomic E-state index is 16.8. The van der Waals surface area contributed by atoms with Gasteiger partial charge in [-0.15, -0.1) is 0 Å². The van der Waals surface area contributed by atoms with E-state index in [4.69, 9.17) is 14.5 Å². The van der Waals surface area contributed by atoms with E-state index in [1.54, 1.807) is 18.3 Å². The normalized spacial score (nSPS) is 26.6. The topological polar surface area (TPSA) is 83.8 Å². The Labute approximate surface area is 255 Å². The number of aryl methyl sites for hydroxylation is 1. The van der Waals surface area contributed by atoms with Gasteiger partial charge in [-0.05, 0) is 86.7 Å². The van der Waals surface area contributed by atoms with E-state index in [0.29, 0.717) is 65.3 Å². The van der Waals surface area contributed by atoms with Crippen molar-refractivity contribution < 1.29 is 23.4 Å². The number of benzene rings is 2. The van der Waals surface area contributed by atoms with Crippen LogP contribution in [0.1, 0.15) is 51.0 Å². The van der Waals surface area contributed by atoms with Crippen LogP contribution in [0.2, 0.25) is 0 Å². The molecule has 44 heavy (non-hydrogen) atoms. The number of aromatic nitrogens is 3. The highest BCUT2D eigenvalue weighted by Gasteiger charge is 2.48. The van der Waals surface area contributed by atoms with Crippen LogP contribution >= 0.6 is 0 Å². The minimum atomic E-state index is -0.649. The predicted molar refractivity (Wildman–Crippen MR) is 164 cm³/mol. The Kier molecular flexibility index (Phi) is 6.64. The van der Waals surface area contributed by atoms with Crippen molar-refractivity contribution in [3.8, 4) is 23.0 Å². The van der Waals surface area contributed by atoms with Crippen LogP contribution in [-0.4, -0.2) is 76.5 Å². The van der Waals surface area contributed by atoms with Gasteiger partial charge in [0.25, 0.3) is 0 Å². The second-order valence-electron chi connectivity index (χ2n) is 13.0. The summed E-state index contributed by atoms with van der Waals surface area (Å²) in [6.07, 6.45) is 8.68. The molecule has 230 valence electrons. The molecule has 0 radical (unpaired) electrons. The van der Waals surface area contributed by atoms with Gasteiger partial charge in [-0.25, -0.2) is 8.78 Å². The Morgan fingerprint density at radius 1 is 1.14 bits per heavy atom. The number of halogens is 2. The SMILES string of the molecule is CCc1c(F)ccc2cc(O)cc(-c3ncc4c(N5CCOC6CC65)nc(OC[C@]56CCC[C@H]5N(C)CCC6)nc4c3F)c12. The zero-order valence-electron chi connectivity index (χ0n) is 25.2. The molecule has 4 aliphatic rings. The van der Waals surface area contributed by atoms with Crippen molar-refractivity contribution >= 4 is 27.5 Å². The summed E-state index contributed by atoms with van der Waals surface area (Å²) < 4.78 is 44.1. The van der Waals surface area contributed by atoms with Gasteiger partial charge in [0.1, 0.15) is 28.6 Å². The number of rotatable bonds is 6. The average molecular weight is 602 g/mol. The van der Waals surface area contributed by atoms with Crippen LogP contribution in [0.25, 0.3) is 32.9 Å². The minimum Gasteiger partial charge on any atom is -0.508 e. The Balaban J connectivity index is 1.27. The number of likely N-dealkylation sites (tertiary alicyclic amines) is 1. The number of phenolic OH excluding ortho intramolecular Hbond substituents is 1. The molecule has 2 aliphatic carbocycles. The van der Waals surface area contributed by atoms with Crippen molar-refractivity contribution in [2.75, 3.05) is 38.3 Å². The standard InChI is InChI=1S/C34H37F2N5O3/c1-3-21-24(35)8-7-19-14-20(42)15-22(28(19)21)30-29(36)31-23(17-37-30)32(41-12-13-43-26-16-25(26)41)39-33(38-31)44-18-34-9-4-6-27(34)40(2)11-5-10-34/h7-8,14-15,17,25-27,42H,3-6,9-13,16,18H2,1-2H3/t25?,26?,27-,34-/m1/s1. The summed E-state index contributed by atoms with van der Waals surface area (Å²) in [7, 11) is 2.20. The van der Waals surface area contributed by atoms with E-state index in [-0.39, 0.29) is 46.3 Å². The summed E-state index contributed by atoms with van der Waals surface area (Å²) >= 11 is 0. The largest absolute Gasteiger partial charge is 0.508 e. The van der Waals surface area contributed by atoms with Gasteiger partial charge in [0.05, 0.1) is 30.7 Å². The van der Waals surface area contributed by atoms with E-state index in [1.165, 1.54) is 18.6 Å². The maximum absolute atomic E-state index is 16.8. The summed E-state index contributed by atoms with van der Waals surface area (Å²) in [5.74, 6) is -0.478. The number of piperidine rings is 1. The molecule has 2 unspecified atom stereocenters. The van der Waals surface area contributed by atoms with E-state index < -0.39 is 5.82 Å². The number of anilines is 1. The summed E-state index contributed by atoms with van der Waals surface area (Å²) in [6, 6.07) is 6.78. The Morgan fingerprint density at radius 3 is 2.86 bits per heavy atom. The molecule has 1 N–H and O–H groups in total. The quantitative estimate of drug-likeness (QED) is 0.288. The lowest BCUT2D eigenvalue weighted by Gasteiger charge is -2.44. The number of ether oxygens (including phenoxy) is 2. The zero-order valence-corrected chi connectivity index (χ0v) is 25.2. The second kappa shape index (κ2) is 10.5. The molecule has 4 fully saturated rings. The molecule has 8 rings (SSSR count). The summed E-state index contributed by atoms with van der Waals surface area (Å²) in [5, 5.41) is 12.2. The number of morpholine rings is 1. The first-order chi connectivity index (χ1) is 21.4. The van der Waals surface area contributed by atoms with Crippen molar-refractivity contribution in [1.29, 1.82) is 0 Å². The van der Waals surface area contributed by atoms with Gasteiger partial charge in [0, 0.05) is 29.8 Å². The fourth-order valence-electron chi connectivity index (χ4n) is 8.31. The number of hydrogen-bond acceptors (Lipinski definition) is 8. The summed E-state index contributed by atoms with van der Waals surface area (Å²) in [4.78, 5) is 18.8. The summed E-state index contributed by atoms with van der Waals surface area (Å²) in [6.45, 7) is 4.63. The van der Waals surface area contributed by atoms with E-state index in [1.807, 2.05) is 6.92 Å². The van der Waals surface area contributed by atoms with E-state index in [2.05, 4.69) is 26.8 Å². The molecular weight excluding hydrogens is 564 g/mol. The fourth-order valence-corrected chi connectivity index (χ4v) is 8.31. The van der Waals surface area contributed by atoms with Gasteiger partial charge in [0.2, 0.25) is 0 Å². The molecule has 2 aromatic heterocycles. The fraction of sp³-hybridized carbons (Fsp3) is 0.500. The Bertz CT molecular complexity index is 1790. The molecule has 4 aromatic rings. The minimum absolute atomic E-state index is 0.00364. The van der Waals surface area contributed by atoms with Crippen LogP contribution in [0, 0.1) is 17.0 Å². The third-order valence-electron chi connectivity index (χ3n) is 10.5. The number of pyridine rings is 1. The third kappa shape index (κ3) is 4.40. The van der Waals surface area contributed by atoms with Crippen molar-refractivity contribution in [1.82, 2.24) is 19.9 Å². The molecule has 4 heterocycles. The van der Waals surface area contributed by atoms with Gasteiger partial charge >= 0.3 is 6.01 Å². The highest BCUT2D eigenvalue weighted by molar-refractivity contribution is 6.01. The lowest BCUT2D eigenvalue weighted by atomic mass is 9.76. The lowest BCUT2D eigenvalue weighted by Crippen LogP contribution is -2.50. The van der Waals surface area contributed by atoms with Crippen molar-refractivity contribution in [3.63, 3.8) is 0 Å². The first kappa shape index (κ1) is 27.9. The molecule has 8 nitrogen and oxygen atoms in total. The number of hydrogen-bond donors (Lipinski definition) is 1. The van der Waals surface area contributed by atoms with Crippen LogP contribution in [0.4, 0.5) is 14.6 Å². The molecule has 0 amide bonds. The number of fused-ring (bicyclic) bond motifs is 4. The van der Waals surface area contributed by atoms with E-state index in [0.717, 1.165) is 38.6 Å². The van der Waals surface area contributed by atoms with Crippen LogP contribution in [0.5, 0.6) is 11.8 Å². The molecule has 2 aromatic carbocycles. The molecule has 2 saturated heterocycles. The van der Waals surface area contributed by atoms with Crippen LogP contribution in [0.3, 0.4) is 0 Å². The molecule has 4 atom stereocenters. The second-order valence-corrected chi connectivity index (χ2v) is 13.0. The predicted octanol–water partition coefficient (Wildman–Crippen LogP) is 6.01. The van der Waals surface area contributed by atoms with Gasteiger partial charge < -0.3 is 24.4 Å². The van der Waals surface area contributed by atoms with Gasteiger partial charge in [-0.2, -0.15) is 9.97 Å². The average Bonchev–Trinajstić information content (AvgIpc) is 3.70. The maximum Gasteiger partial charge on any atom is 0.319 e. The van der Waals surface area contributed by atoms with Crippen LogP contribution in [0.15, 0.2) is 30.5 Å². The number of phenols is 1. The Morgan fingerprint density at radius 2 is 2.00 bits per heavy atom. The molecular formula is C34H37F2N5O3. The third-order valence-corrected chi connectivity index (χ3v) is 10.5. The van der Waals surface area contributed by atoms with Gasteiger partial charge in [-0.1, -0.05) is 19.4 Å². The van der Waals surface area contributed by atoms with Gasteiger partial charge in [0.15, 0.2) is 5.82 Å². The number of aromatic hydroxyl groups is 1. The van der Waals surface area contributed by atoms with E-state index >= 15 is 4.39 Å². The van der Waals surface area contributed by atoms with E-state index in [9.17, 15) is 9.50 Å². The first-order valence-electron chi connectivity index (χ1n) is 15.9. The van der Waals surface area contributed by atoms with Crippen molar-refractivity contribution in [2.24, 2.45) is 5.41 Å². The smallest absolute Gasteiger partial charge is 0.319 e. The van der Waals surface area contributed by atoms with Crippen LogP contribution in [-0.2, 0) is 11.2 Å². The molecule has 0 bridgehead atoms. The van der Waals surface area contributed by atoms with Gasteiger partial charge in [-0.3, -0.25) is 4.98 Å². The number of nitrogens with zero attached hydrogens (tertiary/aromatic N) is 5. The molecule has 10 heteroatoms. The zero-order chi connectivity index (χ0) is 30.2.